The first-order valence-electron chi connectivity index (χ1n) is 8.58. The molecule has 1 heterocycles. The summed E-state index contributed by atoms with van der Waals surface area (Å²) in [5.74, 6) is -2.11. The highest BCUT2D eigenvalue weighted by molar-refractivity contribution is 6.21. The van der Waals surface area contributed by atoms with E-state index in [1.807, 2.05) is 30.3 Å². The predicted molar refractivity (Wildman–Crippen MR) is 103 cm³/mol. The first-order valence-corrected chi connectivity index (χ1v) is 8.58. The van der Waals surface area contributed by atoms with Crippen molar-refractivity contribution in [3.63, 3.8) is 0 Å². The molecule has 0 saturated carbocycles. The van der Waals surface area contributed by atoms with E-state index in [0.29, 0.717) is 11.3 Å². The van der Waals surface area contributed by atoms with Crippen LogP contribution in [-0.2, 0) is 0 Å². The Morgan fingerprint density at radius 3 is 2.29 bits per heavy atom. The van der Waals surface area contributed by atoms with Gasteiger partial charge in [0, 0.05) is 12.7 Å². The molecule has 0 aliphatic carbocycles. The van der Waals surface area contributed by atoms with E-state index in [0.717, 1.165) is 10.5 Å². The average Bonchev–Trinajstić information content (AvgIpc) is 2.92. The lowest BCUT2D eigenvalue weighted by atomic mass is 10.0. The third-order valence-electron chi connectivity index (χ3n) is 4.67. The minimum absolute atomic E-state index is 0.111. The summed E-state index contributed by atoms with van der Waals surface area (Å²) in [5.41, 5.74) is 2.21. The quantitative estimate of drug-likeness (QED) is 0.706. The Morgan fingerprint density at radius 2 is 1.57 bits per heavy atom. The van der Waals surface area contributed by atoms with Crippen LogP contribution in [0.3, 0.4) is 0 Å². The Morgan fingerprint density at radius 1 is 0.857 bits per heavy atom. The van der Waals surface area contributed by atoms with Gasteiger partial charge < -0.3 is 5.32 Å². The number of anilines is 1. The molecule has 0 spiro atoms. The maximum absolute atomic E-state index is 14.5. The van der Waals surface area contributed by atoms with Crippen LogP contribution in [0.15, 0.2) is 66.7 Å². The van der Waals surface area contributed by atoms with Gasteiger partial charge in [0.05, 0.1) is 16.7 Å². The molecule has 6 heteroatoms. The van der Waals surface area contributed by atoms with E-state index >= 15 is 0 Å². The van der Waals surface area contributed by atoms with E-state index in [4.69, 9.17) is 0 Å². The topological polar surface area (TPSA) is 66.5 Å². The van der Waals surface area contributed by atoms with Crippen LogP contribution in [0.4, 0.5) is 10.1 Å². The molecule has 5 nitrogen and oxygen atoms in total. The Kier molecular flexibility index (Phi) is 4.24. The fourth-order valence-electron chi connectivity index (χ4n) is 3.15. The number of nitrogens with zero attached hydrogens (tertiary/aromatic N) is 1. The van der Waals surface area contributed by atoms with Crippen LogP contribution in [0.5, 0.6) is 0 Å². The lowest BCUT2D eigenvalue weighted by Gasteiger charge is -2.09. The second-order valence-electron chi connectivity index (χ2n) is 6.44. The number of carbonyl (C=O) groups is 3. The van der Waals surface area contributed by atoms with Gasteiger partial charge in [0.25, 0.3) is 17.7 Å². The Balaban J connectivity index is 1.58. The molecule has 0 saturated heterocycles. The number of imide groups is 1. The van der Waals surface area contributed by atoms with E-state index < -0.39 is 17.6 Å². The van der Waals surface area contributed by atoms with Crippen LogP contribution in [-0.4, -0.2) is 29.7 Å². The summed E-state index contributed by atoms with van der Waals surface area (Å²) in [7, 11) is 1.40. The van der Waals surface area contributed by atoms with Crippen molar-refractivity contribution in [1.29, 1.82) is 0 Å². The molecule has 28 heavy (non-hydrogen) atoms. The van der Waals surface area contributed by atoms with Crippen molar-refractivity contribution in [2.75, 3.05) is 12.4 Å². The third-order valence-corrected chi connectivity index (χ3v) is 4.67. The Labute approximate surface area is 160 Å². The minimum Gasteiger partial charge on any atom is -0.322 e. The van der Waals surface area contributed by atoms with Gasteiger partial charge in [-0.15, -0.1) is 0 Å². The second-order valence-corrected chi connectivity index (χ2v) is 6.44. The molecule has 3 aromatic carbocycles. The summed E-state index contributed by atoms with van der Waals surface area (Å²) < 4.78 is 14.5. The molecular formula is C22H15FN2O3. The summed E-state index contributed by atoms with van der Waals surface area (Å²) in [4.78, 5) is 37.5. The van der Waals surface area contributed by atoms with Gasteiger partial charge in [0.2, 0.25) is 0 Å². The van der Waals surface area contributed by atoms with Crippen molar-refractivity contribution >= 4 is 23.4 Å². The molecule has 0 unspecified atom stereocenters. The highest BCUT2D eigenvalue weighted by atomic mass is 19.1. The van der Waals surface area contributed by atoms with Crippen molar-refractivity contribution in [2.45, 2.75) is 0 Å². The van der Waals surface area contributed by atoms with Crippen LogP contribution in [0.1, 0.15) is 31.1 Å². The van der Waals surface area contributed by atoms with Gasteiger partial charge in [-0.3, -0.25) is 19.3 Å². The summed E-state index contributed by atoms with van der Waals surface area (Å²) in [6.45, 7) is 0. The number of hydrogen-bond donors (Lipinski definition) is 1. The number of carbonyl (C=O) groups excluding carboxylic acids is 3. The zero-order chi connectivity index (χ0) is 19.8. The normalized spacial score (nSPS) is 12.9. The van der Waals surface area contributed by atoms with Gasteiger partial charge in [-0.25, -0.2) is 4.39 Å². The number of halogens is 1. The number of benzene rings is 3. The predicted octanol–water partition coefficient (Wildman–Crippen LogP) is 3.97. The highest BCUT2D eigenvalue weighted by Gasteiger charge is 2.32. The first-order chi connectivity index (χ1) is 13.5. The fraction of sp³-hybridized carbons (Fsp3) is 0.0455. The molecular weight excluding hydrogens is 359 g/mol. The zero-order valence-corrected chi connectivity index (χ0v) is 14.9. The standard InChI is InChI=1S/C22H15FN2O3/c1-25-21(27)16-10-8-15(12-18(16)22(25)28)24-20(26)17-9-7-14(11-19(17)23)13-5-3-2-4-6-13/h2-12H,1H3,(H,24,26). The molecule has 3 amide bonds. The molecule has 3 aromatic rings. The zero-order valence-electron chi connectivity index (χ0n) is 14.9. The number of fused-ring (bicyclic) bond motifs is 1. The average molecular weight is 374 g/mol. The number of hydrogen-bond acceptors (Lipinski definition) is 3. The summed E-state index contributed by atoms with van der Waals surface area (Å²) in [6, 6.07) is 18.1. The largest absolute Gasteiger partial charge is 0.322 e. The van der Waals surface area contributed by atoms with Gasteiger partial charge in [0.15, 0.2) is 0 Å². The van der Waals surface area contributed by atoms with E-state index in [9.17, 15) is 18.8 Å². The van der Waals surface area contributed by atoms with Gasteiger partial charge in [-0.1, -0.05) is 36.4 Å². The minimum atomic E-state index is -0.647. The SMILES string of the molecule is CN1C(=O)c2ccc(NC(=O)c3ccc(-c4ccccc4)cc3F)cc2C1=O. The van der Waals surface area contributed by atoms with E-state index in [1.54, 1.807) is 6.07 Å². The number of nitrogens with one attached hydrogen (secondary N) is 1. The molecule has 0 fully saturated rings. The molecule has 1 aliphatic rings. The fourth-order valence-corrected chi connectivity index (χ4v) is 3.15. The van der Waals surface area contributed by atoms with Crippen LogP contribution >= 0.6 is 0 Å². The summed E-state index contributed by atoms with van der Waals surface area (Å²) in [6.07, 6.45) is 0. The third kappa shape index (κ3) is 2.95. The van der Waals surface area contributed by atoms with Crippen molar-refractivity contribution in [3.05, 3.63) is 89.2 Å². The van der Waals surface area contributed by atoms with Crippen molar-refractivity contribution in [1.82, 2.24) is 4.90 Å². The summed E-state index contributed by atoms with van der Waals surface area (Å²) in [5, 5.41) is 2.58. The Bertz CT molecular complexity index is 1130. The van der Waals surface area contributed by atoms with Gasteiger partial charge in [-0.05, 0) is 41.5 Å². The molecule has 138 valence electrons. The first kappa shape index (κ1) is 17.6. The number of amides is 3. The second kappa shape index (κ2) is 6.74. The maximum atomic E-state index is 14.5. The monoisotopic (exact) mass is 374 g/mol. The Hall–Kier alpha value is -3.80. The van der Waals surface area contributed by atoms with Crippen LogP contribution in [0.2, 0.25) is 0 Å². The maximum Gasteiger partial charge on any atom is 0.261 e. The smallest absolute Gasteiger partial charge is 0.261 e. The molecule has 1 aliphatic heterocycles. The van der Waals surface area contributed by atoms with Gasteiger partial charge in [0.1, 0.15) is 5.82 Å². The van der Waals surface area contributed by atoms with Crippen molar-refractivity contribution < 1.29 is 18.8 Å². The van der Waals surface area contributed by atoms with Crippen molar-refractivity contribution in [2.24, 2.45) is 0 Å². The molecule has 0 aromatic heterocycles. The van der Waals surface area contributed by atoms with Crippen LogP contribution in [0.25, 0.3) is 11.1 Å². The van der Waals surface area contributed by atoms with Crippen LogP contribution in [0, 0.1) is 5.82 Å². The lowest BCUT2D eigenvalue weighted by molar-refractivity contribution is 0.0692. The molecule has 0 radical (unpaired) electrons. The van der Waals surface area contributed by atoms with Crippen molar-refractivity contribution in [3.8, 4) is 11.1 Å². The molecule has 4 rings (SSSR count). The molecule has 0 atom stereocenters. The van der Waals surface area contributed by atoms with E-state index in [2.05, 4.69) is 5.32 Å². The van der Waals surface area contributed by atoms with E-state index in [-0.39, 0.29) is 22.6 Å². The molecule has 1 N–H and O–H groups in total. The highest BCUT2D eigenvalue weighted by Crippen LogP contribution is 2.26. The summed E-state index contributed by atoms with van der Waals surface area (Å²) >= 11 is 0. The van der Waals surface area contributed by atoms with E-state index in [1.165, 1.54) is 37.4 Å². The van der Waals surface area contributed by atoms with Gasteiger partial charge in [-0.2, -0.15) is 0 Å². The molecule has 0 bridgehead atoms. The van der Waals surface area contributed by atoms with Gasteiger partial charge >= 0.3 is 0 Å². The number of rotatable bonds is 3. The van der Waals surface area contributed by atoms with Crippen LogP contribution < -0.4 is 5.32 Å². The lowest BCUT2D eigenvalue weighted by Crippen LogP contribution is -2.24.